The Morgan fingerprint density at radius 2 is 1.52 bits per heavy atom. The summed E-state index contributed by atoms with van der Waals surface area (Å²) in [5.41, 5.74) is 1.49. The average Bonchev–Trinajstić information content (AvgIpc) is 2.62. The van der Waals surface area contributed by atoms with Crippen molar-refractivity contribution in [1.82, 2.24) is 0 Å². The summed E-state index contributed by atoms with van der Waals surface area (Å²) in [5, 5.41) is 8.87. The molecule has 5 nitrogen and oxygen atoms in total. The topological polar surface area (TPSA) is 83.5 Å². The van der Waals surface area contributed by atoms with Crippen molar-refractivity contribution in [3.8, 4) is 11.1 Å². The van der Waals surface area contributed by atoms with E-state index < -0.39 is 16.0 Å². The molecule has 0 spiro atoms. The number of hydrogen-bond acceptors (Lipinski definition) is 3. The van der Waals surface area contributed by atoms with Gasteiger partial charge in [0.2, 0.25) is 0 Å². The second kappa shape index (κ2) is 7.60. The van der Waals surface area contributed by atoms with Crippen molar-refractivity contribution in [3.05, 3.63) is 82.3 Å². The molecular weight excluding hydrogens is 409 g/mol. The van der Waals surface area contributed by atoms with Crippen molar-refractivity contribution in [3.63, 3.8) is 0 Å². The number of carboxylic acids is 1. The van der Waals surface area contributed by atoms with Gasteiger partial charge in [0.1, 0.15) is 4.90 Å². The molecule has 0 heterocycles. The van der Waals surface area contributed by atoms with Crippen LogP contribution in [0.15, 0.2) is 71.6 Å². The third kappa shape index (κ3) is 4.08. The first-order valence-electron chi connectivity index (χ1n) is 7.69. The van der Waals surface area contributed by atoms with Crippen molar-refractivity contribution in [2.75, 3.05) is 4.72 Å². The Balaban J connectivity index is 2.07. The zero-order chi connectivity index (χ0) is 19.6. The minimum atomic E-state index is -4.15. The Hall–Kier alpha value is -2.54. The normalized spacial score (nSPS) is 11.2. The van der Waals surface area contributed by atoms with E-state index in [9.17, 15) is 18.3 Å². The minimum Gasteiger partial charge on any atom is -0.478 e. The van der Waals surface area contributed by atoms with Gasteiger partial charge in [0, 0.05) is 5.56 Å². The maximum atomic E-state index is 12.9. The molecule has 0 aliphatic carbocycles. The average molecular weight is 422 g/mol. The molecule has 0 aliphatic rings. The van der Waals surface area contributed by atoms with Crippen LogP contribution in [0, 0.1) is 0 Å². The van der Waals surface area contributed by atoms with Gasteiger partial charge < -0.3 is 5.11 Å². The van der Waals surface area contributed by atoms with Gasteiger partial charge in [-0.15, -0.1) is 0 Å². The molecule has 8 heteroatoms. The van der Waals surface area contributed by atoms with Crippen molar-refractivity contribution in [1.29, 1.82) is 0 Å². The SMILES string of the molecule is O=C(O)c1cc(S(=O)(=O)Nc2ccccc2-c2ccccc2)c(Cl)cc1Cl. The maximum absolute atomic E-state index is 12.9. The van der Waals surface area contributed by atoms with Crippen LogP contribution >= 0.6 is 23.2 Å². The van der Waals surface area contributed by atoms with Gasteiger partial charge >= 0.3 is 5.97 Å². The van der Waals surface area contributed by atoms with Gasteiger partial charge in [-0.1, -0.05) is 71.7 Å². The summed E-state index contributed by atoms with van der Waals surface area (Å²) in [6, 6.07) is 18.2. The first-order chi connectivity index (χ1) is 12.8. The number of sulfonamides is 1. The van der Waals surface area contributed by atoms with E-state index >= 15 is 0 Å². The summed E-state index contributed by atoms with van der Waals surface area (Å²) >= 11 is 11.8. The van der Waals surface area contributed by atoms with Gasteiger partial charge in [-0.25, -0.2) is 13.2 Å². The van der Waals surface area contributed by atoms with E-state index in [-0.39, 0.29) is 20.5 Å². The van der Waals surface area contributed by atoms with E-state index in [1.54, 1.807) is 24.3 Å². The Bertz CT molecular complexity index is 1120. The largest absolute Gasteiger partial charge is 0.478 e. The quantitative estimate of drug-likeness (QED) is 0.595. The van der Waals surface area contributed by atoms with E-state index in [2.05, 4.69) is 4.72 Å². The molecule has 3 rings (SSSR count). The molecule has 0 atom stereocenters. The van der Waals surface area contributed by atoms with Crippen molar-refractivity contribution < 1.29 is 18.3 Å². The Morgan fingerprint density at radius 1 is 0.889 bits per heavy atom. The smallest absolute Gasteiger partial charge is 0.337 e. The Morgan fingerprint density at radius 3 is 2.19 bits per heavy atom. The number of nitrogens with one attached hydrogen (secondary N) is 1. The van der Waals surface area contributed by atoms with Crippen molar-refractivity contribution in [2.45, 2.75) is 4.90 Å². The fraction of sp³-hybridized carbons (Fsp3) is 0. The number of hydrogen-bond donors (Lipinski definition) is 2. The van der Waals surface area contributed by atoms with Gasteiger partial charge in [0.15, 0.2) is 0 Å². The highest BCUT2D eigenvalue weighted by molar-refractivity contribution is 7.92. The molecule has 0 saturated carbocycles. The number of carboxylic acid groups (broad SMARTS) is 1. The van der Waals surface area contributed by atoms with Crippen LogP contribution < -0.4 is 4.72 Å². The fourth-order valence-corrected chi connectivity index (χ4v) is 4.48. The molecule has 3 aromatic rings. The molecule has 2 N–H and O–H groups in total. The van der Waals surface area contributed by atoms with E-state index in [0.717, 1.165) is 17.7 Å². The fourth-order valence-electron chi connectivity index (χ4n) is 2.54. The number of anilines is 1. The Labute approximate surface area is 166 Å². The molecule has 0 saturated heterocycles. The summed E-state index contributed by atoms with van der Waals surface area (Å²) in [7, 11) is -4.15. The summed E-state index contributed by atoms with van der Waals surface area (Å²) in [5.74, 6) is -1.35. The number of aromatic carboxylic acids is 1. The van der Waals surface area contributed by atoms with E-state index in [4.69, 9.17) is 23.2 Å². The van der Waals surface area contributed by atoms with E-state index in [1.165, 1.54) is 0 Å². The van der Waals surface area contributed by atoms with E-state index in [1.807, 2.05) is 30.3 Å². The lowest BCUT2D eigenvalue weighted by Crippen LogP contribution is -2.15. The zero-order valence-corrected chi connectivity index (χ0v) is 16.0. The molecule has 0 aliphatic heterocycles. The monoisotopic (exact) mass is 421 g/mol. The second-order valence-corrected chi connectivity index (χ2v) is 8.05. The molecule has 3 aromatic carbocycles. The lowest BCUT2D eigenvalue weighted by atomic mass is 10.0. The first-order valence-corrected chi connectivity index (χ1v) is 9.93. The second-order valence-electron chi connectivity index (χ2n) is 5.58. The molecule has 0 amide bonds. The first kappa shape index (κ1) is 19.2. The van der Waals surface area contributed by atoms with Gasteiger partial charge in [-0.3, -0.25) is 4.72 Å². The number of halogens is 2. The molecule has 0 bridgehead atoms. The number of benzene rings is 3. The van der Waals surface area contributed by atoms with Gasteiger partial charge in [0.05, 0.1) is 21.3 Å². The highest BCUT2D eigenvalue weighted by Crippen LogP contribution is 2.33. The Kier molecular flexibility index (Phi) is 5.41. The third-order valence-corrected chi connectivity index (χ3v) is 5.94. The molecule has 138 valence electrons. The van der Waals surface area contributed by atoms with E-state index in [0.29, 0.717) is 11.3 Å². The molecule has 0 unspecified atom stereocenters. The van der Waals surface area contributed by atoms with Crippen LogP contribution in [-0.2, 0) is 10.0 Å². The minimum absolute atomic E-state index is 0.142. The van der Waals surface area contributed by atoms with Crippen molar-refractivity contribution >= 4 is 44.9 Å². The third-order valence-electron chi connectivity index (χ3n) is 3.80. The molecule has 0 aromatic heterocycles. The maximum Gasteiger partial charge on any atom is 0.337 e. The van der Waals surface area contributed by atoms with Crippen LogP contribution in [-0.4, -0.2) is 19.5 Å². The summed E-state index contributed by atoms with van der Waals surface area (Å²) in [6.07, 6.45) is 0. The number of para-hydroxylation sites is 1. The van der Waals surface area contributed by atoms with Crippen LogP contribution in [0.4, 0.5) is 5.69 Å². The summed E-state index contributed by atoms with van der Waals surface area (Å²) in [6.45, 7) is 0. The predicted octanol–water partition coefficient (Wildman–Crippen LogP) is 5.16. The summed E-state index contributed by atoms with van der Waals surface area (Å²) in [4.78, 5) is 10.9. The predicted molar refractivity (Wildman–Crippen MR) is 106 cm³/mol. The molecule has 27 heavy (non-hydrogen) atoms. The van der Waals surface area contributed by atoms with Gasteiger partial charge in [0.25, 0.3) is 10.0 Å². The summed E-state index contributed by atoms with van der Waals surface area (Å²) < 4.78 is 28.2. The number of rotatable bonds is 5. The highest BCUT2D eigenvalue weighted by atomic mass is 35.5. The van der Waals surface area contributed by atoms with Gasteiger partial charge in [-0.05, 0) is 23.8 Å². The number of carbonyl (C=O) groups is 1. The molecular formula is C19H13Cl2NO4S. The van der Waals surface area contributed by atoms with Crippen LogP contribution in [0.25, 0.3) is 11.1 Å². The van der Waals surface area contributed by atoms with Crippen LogP contribution in [0.3, 0.4) is 0 Å². The lowest BCUT2D eigenvalue weighted by Gasteiger charge is -2.14. The zero-order valence-electron chi connectivity index (χ0n) is 13.7. The van der Waals surface area contributed by atoms with Gasteiger partial charge in [-0.2, -0.15) is 0 Å². The van der Waals surface area contributed by atoms with Crippen molar-refractivity contribution in [2.24, 2.45) is 0 Å². The molecule has 0 fully saturated rings. The highest BCUT2D eigenvalue weighted by Gasteiger charge is 2.23. The van der Waals surface area contributed by atoms with Crippen LogP contribution in [0.5, 0.6) is 0 Å². The van der Waals surface area contributed by atoms with Crippen LogP contribution in [0.1, 0.15) is 10.4 Å². The molecule has 0 radical (unpaired) electrons. The lowest BCUT2D eigenvalue weighted by molar-refractivity contribution is 0.0697. The standard InChI is InChI=1S/C19H13Cl2NO4S/c20-15-11-16(21)18(10-14(15)19(23)24)27(25,26)22-17-9-5-4-8-13(17)12-6-2-1-3-7-12/h1-11,22H,(H,23,24). The van der Waals surface area contributed by atoms with Crippen LogP contribution in [0.2, 0.25) is 10.0 Å².